The van der Waals surface area contributed by atoms with Gasteiger partial charge in [0.15, 0.2) is 0 Å². The van der Waals surface area contributed by atoms with Crippen LogP contribution in [0.2, 0.25) is 0 Å². The lowest BCUT2D eigenvalue weighted by Crippen LogP contribution is -2.27. The Hall–Kier alpha value is -1.02. The fourth-order valence-corrected chi connectivity index (χ4v) is 1.88. The molecule has 2 aliphatic rings. The van der Waals surface area contributed by atoms with Crippen LogP contribution in [0.15, 0.2) is 24.3 Å². The topological polar surface area (TPSA) is 21.8 Å². The summed E-state index contributed by atoms with van der Waals surface area (Å²) in [6.07, 6.45) is 2.89. The Morgan fingerprint density at radius 2 is 2.00 bits per heavy atom. The van der Waals surface area contributed by atoms with E-state index >= 15 is 0 Å². The minimum atomic E-state index is 0.301. The van der Waals surface area contributed by atoms with Crippen molar-refractivity contribution in [3.8, 4) is 5.75 Å². The summed E-state index contributed by atoms with van der Waals surface area (Å²) in [4.78, 5) is 0. The second-order valence-electron chi connectivity index (χ2n) is 3.67. The van der Waals surface area contributed by atoms with Gasteiger partial charge in [0.05, 0.1) is 6.61 Å². The van der Waals surface area contributed by atoms with Crippen molar-refractivity contribution in [2.75, 3.05) is 6.61 Å². The van der Waals surface area contributed by atoms with Gasteiger partial charge in [-0.3, -0.25) is 0 Å². The zero-order valence-electron chi connectivity index (χ0n) is 7.40. The molecule has 0 saturated carbocycles. The van der Waals surface area contributed by atoms with E-state index in [1.54, 1.807) is 0 Å². The Balaban J connectivity index is 1.85. The maximum absolute atomic E-state index is 5.83. The SMILES string of the molecule is c1ccc2c(c1)CC[C@H]([C@@H]1CO1)O2. The van der Waals surface area contributed by atoms with Gasteiger partial charge in [0.25, 0.3) is 0 Å². The van der Waals surface area contributed by atoms with Crippen LogP contribution >= 0.6 is 0 Å². The predicted molar refractivity (Wildman–Crippen MR) is 48.9 cm³/mol. The molecule has 0 aliphatic carbocycles. The van der Waals surface area contributed by atoms with Crippen molar-refractivity contribution in [3.05, 3.63) is 29.8 Å². The van der Waals surface area contributed by atoms with Gasteiger partial charge in [-0.25, -0.2) is 0 Å². The van der Waals surface area contributed by atoms with Crippen molar-refractivity contribution in [2.24, 2.45) is 0 Å². The second kappa shape index (κ2) is 2.74. The molecular formula is C11H12O2. The minimum Gasteiger partial charge on any atom is -0.487 e. The first kappa shape index (κ1) is 7.39. The lowest BCUT2D eigenvalue weighted by Gasteiger charge is -2.24. The smallest absolute Gasteiger partial charge is 0.127 e. The monoisotopic (exact) mass is 176 g/mol. The first-order valence-corrected chi connectivity index (χ1v) is 4.79. The van der Waals surface area contributed by atoms with E-state index in [1.165, 1.54) is 5.56 Å². The molecule has 3 rings (SSSR count). The van der Waals surface area contributed by atoms with Gasteiger partial charge in [-0.05, 0) is 24.5 Å². The molecule has 1 saturated heterocycles. The van der Waals surface area contributed by atoms with Gasteiger partial charge in [0.1, 0.15) is 18.0 Å². The number of benzene rings is 1. The summed E-state index contributed by atoms with van der Waals surface area (Å²) in [6.45, 7) is 0.882. The average Bonchev–Trinajstić information content (AvgIpc) is 3.00. The zero-order valence-corrected chi connectivity index (χ0v) is 7.40. The predicted octanol–water partition coefficient (Wildman–Crippen LogP) is 1.78. The standard InChI is InChI=1S/C11H12O2/c1-2-4-9-8(3-1)5-6-10(13-9)11-7-12-11/h1-4,10-11H,5-7H2/t10-,11+/m1/s1. The van der Waals surface area contributed by atoms with Gasteiger partial charge < -0.3 is 9.47 Å². The molecule has 0 bridgehead atoms. The van der Waals surface area contributed by atoms with E-state index in [9.17, 15) is 0 Å². The third-order valence-corrected chi connectivity index (χ3v) is 2.72. The van der Waals surface area contributed by atoms with Gasteiger partial charge in [0.2, 0.25) is 0 Å². The van der Waals surface area contributed by atoms with Gasteiger partial charge >= 0.3 is 0 Å². The summed E-state index contributed by atoms with van der Waals surface area (Å²) >= 11 is 0. The molecule has 1 aromatic carbocycles. The second-order valence-corrected chi connectivity index (χ2v) is 3.67. The summed E-state index contributed by atoms with van der Waals surface area (Å²) in [5.41, 5.74) is 1.33. The van der Waals surface area contributed by atoms with Crippen LogP contribution in [0.3, 0.4) is 0 Å². The number of para-hydroxylation sites is 1. The van der Waals surface area contributed by atoms with Crippen LogP contribution in [-0.2, 0) is 11.2 Å². The highest BCUT2D eigenvalue weighted by Gasteiger charge is 2.36. The van der Waals surface area contributed by atoms with Crippen LogP contribution in [0.25, 0.3) is 0 Å². The Labute approximate surface area is 77.5 Å². The number of aryl methyl sites for hydroxylation is 1. The van der Waals surface area contributed by atoms with Crippen molar-refractivity contribution in [3.63, 3.8) is 0 Å². The van der Waals surface area contributed by atoms with Gasteiger partial charge in [-0.2, -0.15) is 0 Å². The van der Waals surface area contributed by atoms with Crippen LogP contribution in [0.5, 0.6) is 5.75 Å². The van der Waals surface area contributed by atoms with Gasteiger partial charge in [-0.1, -0.05) is 18.2 Å². The Kier molecular flexibility index (Phi) is 1.56. The summed E-state index contributed by atoms with van der Waals surface area (Å²) in [5.74, 6) is 1.05. The number of epoxide rings is 1. The highest BCUT2D eigenvalue weighted by atomic mass is 16.6. The molecule has 2 aliphatic heterocycles. The summed E-state index contributed by atoms with van der Waals surface area (Å²) in [6, 6.07) is 8.27. The van der Waals surface area contributed by atoms with Crippen LogP contribution in [-0.4, -0.2) is 18.8 Å². The first-order chi connectivity index (χ1) is 6.43. The van der Waals surface area contributed by atoms with E-state index < -0.39 is 0 Å². The van der Waals surface area contributed by atoms with Crippen molar-refractivity contribution < 1.29 is 9.47 Å². The Morgan fingerprint density at radius 3 is 2.85 bits per heavy atom. The molecule has 0 radical (unpaired) electrons. The number of fused-ring (bicyclic) bond motifs is 1. The van der Waals surface area contributed by atoms with E-state index in [-0.39, 0.29) is 0 Å². The lowest BCUT2D eigenvalue weighted by molar-refractivity contribution is 0.136. The molecule has 0 unspecified atom stereocenters. The fourth-order valence-electron chi connectivity index (χ4n) is 1.88. The number of hydrogen-bond donors (Lipinski definition) is 0. The minimum absolute atomic E-state index is 0.301. The molecule has 2 nitrogen and oxygen atoms in total. The van der Waals surface area contributed by atoms with E-state index in [0.717, 1.165) is 25.2 Å². The molecule has 0 amide bonds. The van der Waals surface area contributed by atoms with Gasteiger partial charge in [0, 0.05) is 0 Å². The highest BCUT2D eigenvalue weighted by Crippen LogP contribution is 2.31. The van der Waals surface area contributed by atoms with Crippen molar-refractivity contribution in [2.45, 2.75) is 25.0 Å². The van der Waals surface area contributed by atoms with E-state index in [0.29, 0.717) is 12.2 Å². The quantitative estimate of drug-likeness (QED) is 0.608. The fraction of sp³-hybridized carbons (Fsp3) is 0.455. The number of hydrogen-bond acceptors (Lipinski definition) is 2. The highest BCUT2D eigenvalue weighted by molar-refractivity contribution is 5.35. The molecule has 68 valence electrons. The van der Waals surface area contributed by atoms with Crippen molar-refractivity contribution in [1.29, 1.82) is 0 Å². The van der Waals surface area contributed by atoms with Crippen molar-refractivity contribution in [1.82, 2.24) is 0 Å². The molecular weight excluding hydrogens is 164 g/mol. The van der Waals surface area contributed by atoms with E-state index in [2.05, 4.69) is 12.1 Å². The molecule has 0 N–H and O–H groups in total. The summed E-state index contributed by atoms with van der Waals surface area (Å²) in [7, 11) is 0. The Bertz CT molecular complexity index is 318. The lowest BCUT2D eigenvalue weighted by atomic mass is 10.0. The molecule has 0 aromatic heterocycles. The molecule has 0 spiro atoms. The number of rotatable bonds is 1. The summed E-state index contributed by atoms with van der Waals surface area (Å²) < 4.78 is 11.1. The third kappa shape index (κ3) is 1.31. The Morgan fingerprint density at radius 1 is 1.15 bits per heavy atom. The average molecular weight is 176 g/mol. The molecule has 1 fully saturated rings. The normalized spacial score (nSPS) is 30.5. The van der Waals surface area contributed by atoms with Crippen LogP contribution in [0.1, 0.15) is 12.0 Å². The number of ether oxygens (including phenoxy) is 2. The molecule has 2 atom stereocenters. The zero-order chi connectivity index (χ0) is 8.67. The van der Waals surface area contributed by atoms with E-state index in [1.807, 2.05) is 12.1 Å². The van der Waals surface area contributed by atoms with Crippen LogP contribution < -0.4 is 4.74 Å². The molecule has 13 heavy (non-hydrogen) atoms. The van der Waals surface area contributed by atoms with Crippen molar-refractivity contribution >= 4 is 0 Å². The third-order valence-electron chi connectivity index (χ3n) is 2.72. The maximum Gasteiger partial charge on any atom is 0.127 e. The molecule has 1 aromatic rings. The first-order valence-electron chi connectivity index (χ1n) is 4.79. The maximum atomic E-state index is 5.83. The largest absolute Gasteiger partial charge is 0.487 e. The van der Waals surface area contributed by atoms with Gasteiger partial charge in [-0.15, -0.1) is 0 Å². The molecule has 2 heteroatoms. The summed E-state index contributed by atoms with van der Waals surface area (Å²) in [5, 5.41) is 0. The van der Waals surface area contributed by atoms with Crippen LogP contribution in [0.4, 0.5) is 0 Å². The van der Waals surface area contributed by atoms with Crippen LogP contribution in [0, 0.1) is 0 Å². The molecule has 2 heterocycles. The van der Waals surface area contributed by atoms with E-state index in [4.69, 9.17) is 9.47 Å².